The van der Waals surface area contributed by atoms with E-state index in [2.05, 4.69) is 17.1 Å². The summed E-state index contributed by atoms with van der Waals surface area (Å²) in [5.74, 6) is -0.426. The average molecular weight is 307 g/mol. The van der Waals surface area contributed by atoms with Crippen LogP contribution in [0.3, 0.4) is 0 Å². The SMILES string of the molecule is CCCCc1nnc(N2CC(S(=O)(=O)F)CC2=O)s1. The maximum atomic E-state index is 12.9. The first-order valence-electron chi connectivity index (χ1n) is 5.98. The molecule has 1 atom stereocenters. The summed E-state index contributed by atoms with van der Waals surface area (Å²) in [6.07, 6.45) is 2.45. The summed E-state index contributed by atoms with van der Waals surface area (Å²) in [7, 11) is -4.69. The average Bonchev–Trinajstić information content (AvgIpc) is 2.91. The number of carbonyl (C=O) groups excluding carboxylic acids is 1. The van der Waals surface area contributed by atoms with Gasteiger partial charge in [-0.05, 0) is 6.42 Å². The molecule has 0 bridgehead atoms. The number of aromatic nitrogens is 2. The van der Waals surface area contributed by atoms with Gasteiger partial charge in [0.2, 0.25) is 11.0 Å². The van der Waals surface area contributed by atoms with Crippen LogP contribution in [0.4, 0.5) is 9.02 Å². The molecule has 0 radical (unpaired) electrons. The maximum Gasteiger partial charge on any atom is 0.307 e. The fourth-order valence-electron chi connectivity index (χ4n) is 1.83. The van der Waals surface area contributed by atoms with Gasteiger partial charge in [0.25, 0.3) is 0 Å². The molecule has 0 aromatic carbocycles. The summed E-state index contributed by atoms with van der Waals surface area (Å²) in [5, 5.41) is 7.69. The van der Waals surface area contributed by atoms with Gasteiger partial charge in [-0.2, -0.15) is 8.42 Å². The van der Waals surface area contributed by atoms with Crippen LogP contribution in [0, 0.1) is 0 Å². The van der Waals surface area contributed by atoms with E-state index < -0.39 is 21.4 Å². The third kappa shape index (κ3) is 3.27. The fraction of sp³-hybridized carbons (Fsp3) is 0.700. The lowest BCUT2D eigenvalue weighted by atomic mass is 10.3. The first-order valence-corrected chi connectivity index (χ1v) is 8.24. The second-order valence-corrected chi connectivity index (χ2v) is 7.05. The highest BCUT2D eigenvalue weighted by atomic mass is 32.3. The Morgan fingerprint density at radius 1 is 1.47 bits per heavy atom. The molecule has 0 aliphatic carbocycles. The number of unbranched alkanes of at least 4 members (excludes halogenated alkanes) is 1. The van der Waals surface area contributed by atoms with Crippen molar-refractivity contribution in [2.24, 2.45) is 0 Å². The van der Waals surface area contributed by atoms with Crippen molar-refractivity contribution in [3.05, 3.63) is 5.01 Å². The molecule has 0 spiro atoms. The second-order valence-electron chi connectivity index (χ2n) is 4.39. The van der Waals surface area contributed by atoms with Crippen molar-refractivity contribution in [1.29, 1.82) is 0 Å². The Bertz CT molecular complexity index is 572. The number of rotatable bonds is 5. The predicted octanol–water partition coefficient (Wildman–Crippen LogP) is 1.29. The minimum Gasteiger partial charge on any atom is -0.285 e. The van der Waals surface area contributed by atoms with Crippen molar-refractivity contribution in [2.75, 3.05) is 11.4 Å². The first-order chi connectivity index (χ1) is 8.91. The summed E-state index contributed by atoms with van der Waals surface area (Å²) in [6.45, 7) is 1.88. The van der Waals surface area contributed by atoms with Gasteiger partial charge in [0.1, 0.15) is 10.3 Å². The minimum atomic E-state index is -4.69. The van der Waals surface area contributed by atoms with E-state index >= 15 is 0 Å². The summed E-state index contributed by atoms with van der Waals surface area (Å²) in [6, 6.07) is 0. The Kier molecular flexibility index (Phi) is 4.14. The quantitative estimate of drug-likeness (QED) is 0.766. The fourth-order valence-corrected chi connectivity index (χ4v) is 3.41. The molecule has 0 saturated carbocycles. The smallest absolute Gasteiger partial charge is 0.285 e. The van der Waals surface area contributed by atoms with Crippen LogP contribution in [0.15, 0.2) is 0 Å². The second kappa shape index (κ2) is 5.49. The summed E-state index contributed by atoms with van der Waals surface area (Å²) in [5.41, 5.74) is 0. The Hall–Kier alpha value is -1.09. The Labute approximate surface area is 114 Å². The van der Waals surface area contributed by atoms with Gasteiger partial charge in [0.05, 0.1) is 0 Å². The summed E-state index contributed by atoms with van der Waals surface area (Å²) in [4.78, 5) is 12.9. The zero-order chi connectivity index (χ0) is 14.0. The van der Waals surface area contributed by atoms with Crippen LogP contribution in [0.1, 0.15) is 31.2 Å². The van der Waals surface area contributed by atoms with Gasteiger partial charge in [-0.3, -0.25) is 9.69 Å². The lowest BCUT2D eigenvalue weighted by Gasteiger charge is -2.10. The number of hydrogen-bond donors (Lipinski definition) is 0. The topological polar surface area (TPSA) is 80.2 Å². The number of aryl methyl sites for hydroxylation is 1. The third-order valence-corrected chi connectivity index (χ3v) is 5.04. The van der Waals surface area contributed by atoms with Crippen molar-refractivity contribution in [2.45, 2.75) is 37.9 Å². The van der Waals surface area contributed by atoms with E-state index in [0.717, 1.165) is 24.3 Å². The molecular weight excluding hydrogens is 293 g/mol. The molecule has 1 unspecified atom stereocenters. The number of halogens is 1. The van der Waals surface area contributed by atoms with Gasteiger partial charge >= 0.3 is 10.2 Å². The monoisotopic (exact) mass is 307 g/mol. The van der Waals surface area contributed by atoms with E-state index in [0.29, 0.717) is 5.13 Å². The van der Waals surface area contributed by atoms with Crippen molar-refractivity contribution in [3.8, 4) is 0 Å². The first kappa shape index (κ1) is 14.3. The van der Waals surface area contributed by atoms with E-state index in [4.69, 9.17) is 0 Å². The Morgan fingerprint density at radius 2 is 2.21 bits per heavy atom. The van der Waals surface area contributed by atoms with Crippen molar-refractivity contribution < 1.29 is 17.1 Å². The highest BCUT2D eigenvalue weighted by molar-refractivity contribution is 7.87. The highest BCUT2D eigenvalue weighted by Crippen LogP contribution is 2.28. The van der Waals surface area contributed by atoms with Crippen molar-refractivity contribution in [3.63, 3.8) is 0 Å². The number of carbonyl (C=O) groups is 1. The van der Waals surface area contributed by atoms with Crippen LogP contribution in [0.2, 0.25) is 0 Å². The predicted molar refractivity (Wildman–Crippen MR) is 69.3 cm³/mol. The Morgan fingerprint density at radius 3 is 2.79 bits per heavy atom. The maximum absolute atomic E-state index is 12.9. The van der Waals surface area contributed by atoms with Crippen LogP contribution in [0.25, 0.3) is 0 Å². The van der Waals surface area contributed by atoms with Gasteiger partial charge in [-0.15, -0.1) is 14.1 Å². The van der Waals surface area contributed by atoms with E-state index in [1.54, 1.807) is 0 Å². The molecule has 2 heterocycles. The molecule has 1 aliphatic heterocycles. The number of amides is 1. The largest absolute Gasteiger partial charge is 0.307 e. The Balaban J connectivity index is 2.10. The van der Waals surface area contributed by atoms with Gasteiger partial charge in [0.15, 0.2) is 0 Å². The lowest BCUT2D eigenvalue weighted by molar-refractivity contribution is -0.117. The lowest BCUT2D eigenvalue weighted by Crippen LogP contribution is -2.26. The van der Waals surface area contributed by atoms with E-state index in [9.17, 15) is 17.1 Å². The third-order valence-electron chi connectivity index (χ3n) is 2.92. The standard InChI is InChI=1S/C10H14FN3O3S2/c1-2-3-4-8-12-13-10(18-8)14-6-7(5-9(14)15)19(11,16)17/h7H,2-6H2,1H3. The molecule has 0 N–H and O–H groups in total. The molecule has 1 saturated heterocycles. The number of anilines is 1. The molecule has 1 aromatic rings. The van der Waals surface area contributed by atoms with E-state index in [1.807, 2.05) is 0 Å². The van der Waals surface area contributed by atoms with Crippen molar-refractivity contribution >= 4 is 32.6 Å². The van der Waals surface area contributed by atoms with Gasteiger partial charge in [-0.25, -0.2) is 0 Å². The highest BCUT2D eigenvalue weighted by Gasteiger charge is 2.40. The van der Waals surface area contributed by atoms with Crippen molar-refractivity contribution in [1.82, 2.24) is 10.2 Å². The van der Waals surface area contributed by atoms with Crippen LogP contribution in [0.5, 0.6) is 0 Å². The molecule has 19 heavy (non-hydrogen) atoms. The molecule has 1 fully saturated rings. The zero-order valence-electron chi connectivity index (χ0n) is 10.4. The molecule has 106 valence electrons. The van der Waals surface area contributed by atoms with Gasteiger partial charge in [-0.1, -0.05) is 24.7 Å². The van der Waals surface area contributed by atoms with Crippen LogP contribution in [-0.4, -0.2) is 36.3 Å². The van der Waals surface area contributed by atoms with Crippen LogP contribution >= 0.6 is 11.3 Å². The van der Waals surface area contributed by atoms with Gasteiger partial charge in [0, 0.05) is 19.4 Å². The molecule has 2 rings (SSSR count). The zero-order valence-corrected chi connectivity index (χ0v) is 12.0. The summed E-state index contributed by atoms with van der Waals surface area (Å²) < 4.78 is 34.5. The number of nitrogens with zero attached hydrogens (tertiary/aromatic N) is 3. The van der Waals surface area contributed by atoms with E-state index in [-0.39, 0.29) is 13.0 Å². The number of hydrogen-bond acceptors (Lipinski definition) is 6. The summed E-state index contributed by atoms with van der Waals surface area (Å²) >= 11 is 1.25. The minimum absolute atomic E-state index is 0.180. The van der Waals surface area contributed by atoms with Gasteiger partial charge < -0.3 is 0 Å². The normalized spacial score (nSPS) is 20.2. The van der Waals surface area contributed by atoms with Crippen LogP contribution in [-0.2, 0) is 21.4 Å². The molecule has 1 aromatic heterocycles. The molecular formula is C10H14FN3O3S2. The molecule has 1 amide bonds. The molecule has 9 heteroatoms. The van der Waals surface area contributed by atoms with E-state index in [1.165, 1.54) is 16.2 Å². The van der Waals surface area contributed by atoms with Crippen LogP contribution < -0.4 is 4.90 Å². The molecule has 1 aliphatic rings. The molecule has 6 nitrogen and oxygen atoms in total.